The number of methoxy groups -OCH3 is 1. The first-order chi connectivity index (χ1) is 14.6. The van der Waals surface area contributed by atoms with Gasteiger partial charge in [0.05, 0.1) is 13.4 Å². The van der Waals surface area contributed by atoms with Crippen LogP contribution in [0.4, 0.5) is 11.4 Å². The van der Waals surface area contributed by atoms with E-state index in [4.69, 9.17) is 13.9 Å². The van der Waals surface area contributed by atoms with E-state index in [1.165, 1.54) is 6.26 Å². The van der Waals surface area contributed by atoms with Gasteiger partial charge in [-0.25, -0.2) is 0 Å². The molecule has 3 aromatic rings. The molecule has 30 heavy (non-hydrogen) atoms. The molecular weight excluding hydrogens is 384 g/mol. The van der Waals surface area contributed by atoms with Gasteiger partial charge in [0, 0.05) is 11.4 Å². The summed E-state index contributed by atoms with van der Waals surface area (Å²) >= 11 is 0. The van der Waals surface area contributed by atoms with Crippen molar-refractivity contribution < 1.29 is 23.5 Å². The van der Waals surface area contributed by atoms with Crippen LogP contribution in [0.1, 0.15) is 16.1 Å². The van der Waals surface area contributed by atoms with Crippen LogP contribution in [0.15, 0.2) is 77.9 Å². The number of allylic oxidation sites excluding steroid dienone is 1. The maximum atomic E-state index is 12.3. The average Bonchev–Trinajstić information content (AvgIpc) is 3.28. The van der Waals surface area contributed by atoms with Gasteiger partial charge in [-0.2, -0.15) is 0 Å². The largest absolute Gasteiger partial charge is 0.493 e. The molecule has 0 unspecified atom stereocenters. The van der Waals surface area contributed by atoms with Crippen molar-refractivity contribution in [2.75, 3.05) is 24.4 Å². The fraction of sp³-hybridized carbons (Fsp3) is 0.130. The minimum Gasteiger partial charge on any atom is -0.493 e. The van der Waals surface area contributed by atoms with Crippen LogP contribution in [0.5, 0.6) is 11.5 Å². The SMILES string of the molecule is C=CCc1ccc(OCC(=O)Nc2cccc(NC(=O)c3ccco3)c2)c(OC)c1. The molecule has 0 radical (unpaired) electrons. The van der Waals surface area contributed by atoms with Crippen molar-refractivity contribution in [2.45, 2.75) is 6.42 Å². The molecule has 0 aliphatic carbocycles. The Hall–Kier alpha value is -4.00. The van der Waals surface area contributed by atoms with Crippen LogP contribution in [-0.2, 0) is 11.2 Å². The quantitative estimate of drug-likeness (QED) is 0.518. The van der Waals surface area contributed by atoms with E-state index < -0.39 is 0 Å². The lowest BCUT2D eigenvalue weighted by Crippen LogP contribution is -2.20. The summed E-state index contributed by atoms with van der Waals surface area (Å²) in [5.41, 5.74) is 2.08. The van der Waals surface area contributed by atoms with Crippen molar-refractivity contribution in [1.82, 2.24) is 0 Å². The number of ether oxygens (including phenoxy) is 2. The summed E-state index contributed by atoms with van der Waals surface area (Å²) in [5, 5.41) is 5.44. The van der Waals surface area contributed by atoms with Crippen LogP contribution in [0.3, 0.4) is 0 Å². The van der Waals surface area contributed by atoms with Crippen LogP contribution in [-0.4, -0.2) is 25.5 Å². The first kappa shape index (κ1) is 20.7. The minimum absolute atomic E-state index is 0.194. The number of hydrogen-bond donors (Lipinski definition) is 2. The highest BCUT2D eigenvalue weighted by atomic mass is 16.5. The zero-order valence-corrected chi connectivity index (χ0v) is 16.5. The van der Waals surface area contributed by atoms with E-state index in [2.05, 4.69) is 17.2 Å². The van der Waals surface area contributed by atoms with Gasteiger partial charge in [0.1, 0.15) is 0 Å². The molecule has 0 atom stereocenters. The summed E-state index contributed by atoms with van der Waals surface area (Å²) < 4.78 is 16.0. The summed E-state index contributed by atoms with van der Waals surface area (Å²) in [5.74, 6) is 0.496. The van der Waals surface area contributed by atoms with Crippen LogP contribution >= 0.6 is 0 Å². The molecule has 1 heterocycles. The molecule has 3 rings (SSSR count). The van der Waals surface area contributed by atoms with Crippen molar-refractivity contribution in [1.29, 1.82) is 0 Å². The number of hydrogen-bond acceptors (Lipinski definition) is 5. The molecule has 0 aliphatic heterocycles. The Kier molecular flexibility index (Phi) is 6.89. The van der Waals surface area contributed by atoms with Crippen LogP contribution < -0.4 is 20.1 Å². The highest BCUT2D eigenvalue weighted by Crippen LogP contribution is 2.28. The number of anilines is 2. The maximum absolute atomic E-state index is 12.3. The predicted octanol–water partition coefficient (Wildman–Crippen LogP) is 4.29. The van der Waals surface area contributed by atoms with Gasteiger partial charge < -0.3 is 24.5 Å². The molecule has 0 saturated heterocycles. The van der Waals surface area contributed by atoms with Gasteiger partial charge in [0.2, 0.25) is 0 Å². The Balaban J connectivity index is 1.57. The summed E-state index contributed by atoms with van der Waals surface area (Å²) in [6, 6.07) is 15.5. The highest BCUT2D eigenvalue weighted by Gasteiger charge is 2.11. The smallest absolute Gasteiger partial charge is 0.291 e. The number of carbonyl (C=O) groups excluding carboxylic acids is 2. The summed E-state index contributed by atoms with van der Waals surface area (Å²) in [4.78, 5) is 24.3. The van der Waals surface area contributed by atoms with E-state index >= 15 is 0 Å². The number of nitrogens with one attached hydrogen (secondary N) is 2. The molecule has 2 aromatic carbocycles. The van der Waals surface area contributed by atoms with E-state index in [1.807, 2.05) is 12.1 Å². The normalized spacial score (nSPS) is 10.2. The minimum atomic E-state index is -0.376. The van der Waals surface area contributed by atoms with Crippen molar-refractivity contribution in [2.24, 2.45) is 0 Å². The molecule has 0 saturated carbocycles. The van der Waals surface area contributed by atoms with Gasteiger partial charge in [-0.3, -0.25) is 9.59 Å². The van der Waals surface area contributed by atoms with E-state index in [1.54, 1.807) is 55.7 Å². The maximum Gasteiger partial charge on any atom is 0.291 e. The molecule has 0 fully saturated rings. The molecule has 0 spiro atoms. The molecule has 1 aromatic heterocycles. The second-order valence-electron chi connectivity index (χ2n) is 6.33. The Morgan fingerprint density at radius 1 is 1.03 bits per heavy atom. The van der Waals surface area contributed by atoms with Crippen LogP contribution in [0, 0.1) is 0 Å². The van der Waals surface area contributed by atoms with Crippen molar-refractivity contribution >= 4 is 23.2 Å². The van der Waals surface area contributed by atoms with E-state index in [9.17, 15) is 9.59 Å². The fourth-order valence-electron chi connectivity index (χ4n) is 2.74. The van der Waals surface area contributed by atoms with E-state index in [-0.39, 0.29) is 24.2 Å². The monoisotopic (exact) mass is 406 g/mol. The van der Waals surface area contributed by atoms with E-state index in [0.29, 0.717) is 29.3 Å². The van der Waals surface area contributed by atoms with Gasteiger partial charge in [-0.1, -0.05) is 18.2 Å². The lowest BCUT2D eigenvalue weighted by molar-refractivity contribution is -0.118. The third-order valence-electron chi connectivity index (χ3n) is 4.12. The van der Waals surface area contributed by atoms with Gasteiger partial charge in [-0.15, -0.1) is 6.58 Å². The fourth-order valence-corrected chi connectivity index (χ4v) is 2.74. The molecule has 7 nitrogen and oxygen atoms in total. The molecule has 0 bridgehead atoms. The summed E-state index contributed by atoms with van der Waals surface area (Å²) in [6.45, 7) is 3.52. The third-order valence-corrected chi connectivity index (χ3v) is 4.12. The molecule has 2 amide bonds. The summed E-state index contributed by atoms with van der Waals surface area (Å²) in [7, 11) is 1.54. The average molecular weight is 406 g/mol. The third kappa shape index (κ3) is 5.51. The van der Waals surface area contributed by atoms with Gasteiger partial charge >= 0.3 is 0 Å². The number of furan rings is 1. The standard InChI is InChI=1S/C23H22N2O5/c1-3-6-16-10-11-19(21(13-16)28-2)30-15-22(26)24-17-7-4-8-18(14-17)25-23(27)20-9-5-12-29-20/h3-5,7-14H,1,6,15H2,2H3,(H,24,26)(H,25,27). The zero-order chi connectivity index (χ0) is 21.3. The lowest BCUT2D eigenvalue weighted by Gasteiger charge is -2.12. The lowest BCUT2D eigenvalue weighted by atomic mass is 10.1. The zero-order valence-electron chi connectivity index (χ0n) is 16.5. The first-order valence-corrected chi connectivity index (χ1v) is 9.24. The number of rotatable bonds is 9. The molecular formula is C23H22N2O5. The number of benzene rings is 2. The van der Waals surface area contributed by atoms with Crippen LogP contribution in [0.2, 0.25) is 0 Å². The molecule has 154 valence electrons. The first-order valence-electron chi connectivity index (χ1n) is 9.24. The van der Waals surface area contributed by atoms with Crippen LogP contribution in [0.25, 0.3) is 0 Å². The second-order valence-corrected chi connectivity index (χ2v) is 6.33. The Bertz CT molecular complexity index is 1030. The number of carbonyl (C=O) groups is 2. The highest BCUT2D eigenvalue weighted by molar-refractivity contribution is 6.02. The van der Waals surface area contributed by atoms with Crippen molar-refractivity contribution in [3.05, 3.63) is 84.8 Å². The summed E-state index contributed by atoms with van der Waals surface area (Å²) in [6.07, 6.45) is 3.94. The Labute approximate surface area is 174 Å². The Morgan fingerprint density at radius 2 is 1.83 bits per heavy atom. The molecule has 0 aliphatic rings. The predicted molar refractivity (Wildman–Crippen MR) is 114 cm³/mol. The van der Waals surface area contributed by atoms with Crippen molar-refractivity contribution in [3.8, 4) is 11.5 Å². The Morgan fingerprint density at radius 3 is 2.53 bits per heavy atom. The van der Waals surface area contributed by atoms with E-state index in [0.717, 1.165) is 5.56 Å². The topological polar surface area (TPSA) is 89.8 Å². The van der Waals surface area contributed by atoms with Crippen molar-refractivity contribution in [3.63, 3.8) is 0 Å². The van der Waals surface area contributed by atoms with Gasteiger partial charge in [0.15, 0.2) is 23.9 Å². The number of amides is 2. The van der Waals surface area contributed by atoms with Gasteiger partial charge in [0.25, 0.3) is 11.8 Å². The molecule has 7 heteroatoms. The second kappa shape index (κ2) is 9.97. The van der Waals surface area contributed by atoms with Gasteiger partial charge in [-0.05, 0) is 54.4 Å². The molecule has 2 N–H and O–H groups in total.